The van der Waals surface area contributed by atoms with Crippen LogP contribution in [-0.2, 0) is 0 Å². The first-order chi connectivity index (χ1) is 10.3. The van der Waals surface area contributed by atoms with Gasteiger partial charge in [-0.3, -0.25) is 0 Å². The lowest BCUT2D eigenvalue weighted by Crippen LogP contribution is -2.32. The van der Waals surface area contributed by atoms with Crippen LogP contribution in [0, 0.1) is 11.8 Å². The van der Waals surface area contributed by atoms with Crippen molar-refractivity contribution in [1.29, 1.82) is 0 Å². The lowest BCUT2D eigenvalue weighted by atomic mass is 9.78. The van der Waals surface area contributed by atoms with Crippen LogP contribution < -0.4 is 5.32 Å². The van der Waals surface area contributed by atoms with E-state index in [0.717, 1.165) is 11.8 Å². The zero-order valence-electron chi connectivity index (χ0n) is 13.6. The first kappa shape index (κ1) is 15.5. The molecule has 1 N–H and O–H groups in total. The first-order valence-corrected chi connectivity index (χ1v) is 9.79. The van der Waals surface area contributed by atoms with E-state index in [2.05, 4.69) is 24.5 Å². The summed E-state index contributed by atoms with van der Waals surface area (Å²) in [6.45, 7) is 7.15. The molecular weight excluding hydrogens is 276 g/mol. The molecule has 0 spiro atoms. The highest BCUT2D eigenvalue weighted by Crippen LogP contribution is 2.40. The third-order valence-corrected chi connectivity index (χ3v) is 6.42. The second-order valence-electron chi connectivity index (χ2n) is 7.30. The van der Waals surface area contributed by atoms with Gasteiger partial charge >= 0.3 is 0 Å². The van der Waals surface area contributed by atoms with Crippen LogP contribution in [0.4, 0.5) is 0 Å². The van der Waals surface area contributed by atoms with Gasteiger partial charge in [0.15, 0.2) is 0 Å². The molecule has 1 aliphatic carbocycles. The Kier molecular flexibility index (Phi) is 5.33. The largest absolute Gasteiger partial charge is 0.317 e. The van der Waals surface area contributed by atoms with Crippen molar-refractivity contribution in [1.82, 2.24) is 10.3 Å². The summed E-state index contributed by atoms with van der Waals surface area (Å²) in [6.07, 6.45) is 9.60. The van der Waals surface area contributed by atoms with Gasteiger partial charge in [0, 0.05) is 17.2 Å². The molecule has 0 radical (unpaired) electrons. The standard InChI is InChI=1S/C18H30N2S/c1-13(2)17(15-8-10-19-11-9-15)18-20-16(12-21-18)14-6-4-3-5-7-14/h12-15,17,19H,3-11H2,1-2H3. The van der Waals surface area contributed by atoms with Gasteiger partial charge in [-0.1, -0.05) is 33.1 Å². The Labute approximate surface area is 133 Å². The highest BCUT2D eigenvalue weighted by Gasteiger charge is 2.30. The number of hydrogen-bond donors (Lipinski definition) is 1. The van der Waals surface area contributed by atoms with E-state index in [0.29, 0.717) is 11.8 Å². The van der Waals surface area contributed by atoms with Crippen molar-refractivity contribution >= 4 is 11.3 Å². The summed E-state index contributed by atoms with van der Waals surface area (Å²) >= 11 is 1.94. The predicted octanol–water partition coefficient (Wildman–Crippen LogP) is 4.93. The van der Waals surface area contributed by atoms with Crippen LogP contribution in [0.1, 0.15) is 81.3 Å². The van der Waals surface area contributed by atoms with Crippen LogP contribution in [0.15, 0.2) is 5.38 Å². The first-order valence-electron chi connectivity index (χ1n) is 8.91. The van der Waals surface area contributed by atoms with E-state index < -0.39 is 0 Å². The quantitative estimate of drug-likeness (QED) is 0.853. The molecular formula is C18H30N2S. The van der Waals surface area contributed by atoms with Crippen molar-refractivity contribution in [3.63, 3.8) is 0 Å². The van der Waals surface area contributed by atoms with Crippen molar-refractivity contribution in [3.05, 3.63) is 16.1 Å². The van der Waals surface area contributed by atoms with Gasteiger partial charge in [-0.2, -0.15) is 0 Å². The van der Waals surface area contributed by atoms with Crippen molar-refractivity contribution < 1.29 is 0 Å². The average molecular weight is 307 g/mol. The van der Waals surface area contributed by atoms with Crippen LogP contribution in [0.3, 0.4) is 0 Å². The fraction of sp³-hybridized carbons (Fsp3) is 0.833. The van der Waals surface area contributed by atoms with Gasteiger partial charge in [-0.15, -0.1) is 11.3 Å². The number of thiazole rings is 1. The second kappa shape index (κ2) is 7.23. The zero-order chi connectivity index (χ0) is 14.7. The summed E-state index contributed by atoms with van der Waals surface area (Å²) in [7, 11) is 0. The lowest BCUT2D eigenvalue weighted by molar-refractivity contribution is 0.270. The monoisotopic (exact) mass is 306 g/mol. The molecule has 0 amide bonds. The summed E-state index contributed by atoms with van der Waals surface area (Å²) in [5.74, 6) is 2.97. The molecule has 0 bridgehead atoms. The number of hydrogen-bond acceptors (Lipinski definition) is 3. The molecule has 1 atom stereocenters. The third kappa shape index (κ3) is 3.68. The highest BCUT2D eigenvalue weighted by molar-refractivity contribution is 7.09. The van der Waals surface area contributed by atoms with Gasteiger partial charge in [0.05, 0.1) is 10.7 Å². The minimum absolute atomic E-state index is 0.675. The minimum atomic E-state index is 0.675. The van der Waals surface area contributed by atoms with E-state index in [1.54, 1.807) is 0 Å². The van der Waals surface area contributed by atoms with Crippen LogP contribution in [-0.4, -0.2) is 18.1 Å². The van der Waals surface area contributed by atoms with E-state index in [9.17, 15) is 0 Å². The molecule has 0 aromatic carbocycles. The van der Waals surface area contributed by atoms with Gasteiger partial charge in [0.1, 0.15) is 0 Å². The third-order valence-electron chi connectivity index (χ3n) is 5.46. The lowest BCUT2D eigenvalue weighted by Gasteiger charge is -2.32. The Hall–Kier alpha value is -0.410. The molecule has 2 nitrogen and oxygen atoms in total. The van der Waals surface area contributed by atoms with Crippen LogP contribution in [0.2, 0.25) is 0 Å². The normalized spacial score (nSPS) is 23.6. The fourth-order valence-electron chi connectivity index (χ4n) is 4.27. The maximum absolute atomic E-state index is 5.13. The Morgan fingerprint density at radius 1 is 1.10 bits per heavy atom. The van der Waals surface area contributed by atoms with E-state index in [-0.39, 0.29) is 0 Å². The number of aromatic nitrogens is 1. The summed E-state index contributed by atoms with van der Waals surface area (Å²) in [6, 6.07) is 0. The molecule has 2 aliphatic rings. The van der Waals surface area contributed by atoms with Gasteiger partial charge in [-0.25, -0.2) is 4.98 Å². The summed E-state index contributed by atoms with van der Waals surface area (Å²) in [5.41, 5.74) is 1.41. The second-order valence-corrected chi connectivity index (χ2v) is 8.19. The maximum Gasteiger partial charge on any atom is 0.0964 e. The number of nitrogens with one attached hydrogen (secondary N) is 1. The number of nitrogens with zero attached hydrogens (tertiary/aromatic N) is 1. The molecule has 2 fully saturated rings. The van der Waals surface area contributed by atoms with Crippen LogP contribution >= 0.6 is 11.3 Å². The fourth-order valence-corrected chi connectivity index (χ4v) is 5.54. The average Bonchev–Trinajstić information content (AvgIpc) is 2.98. The van der Waals surface area contributed by atoms with Crippen molar-refractivity contribution in [3.8, 4) is 0 Å². The molecule has 3 rings (SSSR count). The van der Waals surface area contributed by atoms with Gasteiger partial charge in [-0.05, 0) is 50.6 Å². The van der Waals surface area contributed by atoms with Crippen molar-refractivity contribution in [2.24, 2.45) is 11.8 Å². The van der Waals surface area contributed by atoms with E-state index in [4.69, 9.17) is 4.98 Å². The Bertz CT molecular complexity index is 428. The van der Waals surface area contributed by atoms with Crippen molar-refractivity contribution in [2.75, 3.05) is 13.1 Å². The minimum Gasteiger partial charge on any atom is -0.317 e. The van der Waals surface area contributed by atoms with E-state index in [1.165, 1.54) is 68.7 Å². The Morgan fingerprint density at radius 3 is 2.48 bits per heavy atom. The molecule has 1 saturated heterocycles. The summed E-state index contributed by atoms with van der Waals surface area (Å²) < 4.78 is 0. The smallest absolute Gasteiger partial charge is 0.0964 e. The molecule has 118 valence electrons. The Morgan fingerprint density at radius 2 is 1.81 bits per heavy atom. The molecule has 1 saturated carbocycles. The highest BCUT2D eigenvalue weighted by atomic mass is 32.1. The number of rotatable bonds is 4. The summed E-state index contributed by atoms with van der Waals surface area (Å²) in [4.78, 5) is 5.13. The molecule has 21 heavy (non-hydrogen) atoms. The zero-order valence-corrected chi connectivity index (χ0v) is 14.4. The van der Waals surface area contributed by atoms with E-state index >= 15 is 0 Å². The molecule has 1 aromatic rings. The van der Waals surface area contributed by atoms with Gasteiger partial charge in [0.25, 0.3) is 0 Å². The molecule has 1 aliphatic heterocycles. The molecule has 2 heterocycles. The van der Waals surface area contributed by atoms with E-state index in [1.807, 2.05) is 11.3 Å². The molecule has 1 unspecified atom stereocenters. The predicted molar refractivity (Wildman–Crippen MR) is 91.1 cm³/mol. The number of piperidine rings is 1. The van der Waals surface area contributed by atoms with Crippen LogP contribution in [0.25, 0.3) is 0 Å². The van der Waals surface area contributed by atoms with Crippen molar-refractivity contribution in [2.45, 2.75) is 70.6 Å². The molecule has 3 heteroatoms. The van der Waals surface area contributed by atoms with Gasteiger partial charge < -0.3 is 5.32 Å². The topological polar surface area (TPSA) is 24.9 Å². The Balaban J connectivity index is 1.74. The van der Waals surface area contributed by atoms with Gasteiger partial charge in [0.2, 0.25) is 0 Å². The van der Waals surface area contributed by atoms with Crippen LogP contribution in [0.5, 0.6) is 0 Å². The maximum atomic E-state index is 5.13. The SMILES string of the molecule is CC(C)C(c1nc(C2CCCCC2)cs1)C1CCNCC1. The summed E-state index contributed by atoms with van der Waals surface area (Å²) in [5, 5.41) is 7.30. The molecule has 1 aromatic heterocycles.